The van der Waals surface area contributed by atoms with Crippen molar-refractivity contribution in [3.8, 4) is 0 Å². The lowest BCUT2D eigenvalue weighted by molar-refractivity contribution is 0.531. The van der Waals surface area contributed by atoms with Gasteiger partial charge in [0.15, 0.2) is 0 Å². The Labute approximate surface area is 103 Å². The Hall–Kier alpha value is -0.380. The Morgan fingerprint density at radius 2 is 1.94 bits per heavy atom. The van der Waals surface area contributed by atoms with Crippen LogP contribution < -0.4 is 10.6 Å². The van der Waals surface area contributed by atoms with E-state index < -0.39 is 0 Å². The molecule has 0 unspecified atom stereocenters. The zero-order valence-corrected chi connectivity index (χ0v) is 11.5. The molecular weight excluding hydrogens is 216 g/mol. The molecule has 0 bridgehead atoms. The molecule has 0 saturated heterocycles. The lowest BCUT2D eigenvalue weighted by Crippen LogP contribution is -2.24. The smallest absolute Gasteiger partial charge is 0.0299 e. The van der Waals surface area contributed by atoms with E-state index in [2.05, 4.69) is 43.5 Å². The minimum atomic E-state index is 0.752. The first-order chi connectivity index (χ1) is 7.68. The van der Waals surface area contributed by atoms with Gasteiger partial charge in [0.2, 0.25) is 0 Å². The van der Waals surface area contributed by atoms with Gasteiger partial charge in [0.1, 0.15) is 0 Å². The van der Waals surface area contributed by atoms with E-state index in [1.807, 2.05) is 11.3 Å². The topological polar surface area (TPSA) is 24.1 Å². The molecule has 0 aliphatic rings. The van der Waals surface area contributed by atoms with Crippen molar-refractivity contribution < 1.29 is 0 Å². The molecule has 1 heterocycles. The maximum absolute atomic E-state index is 3.47. The first-order valence-electron chi connectivity index (χ1n) is 6.15. The van der Waals surface area contributed by atoms with E-state index >= 15 is 0 Å². The molecule has 0 saturated carbocycles. The first-order valence-corrected chi connectivity index (χ1v) is 6.97. The third-order valence-corrected chi connectivity index (χ3v) is 3.36. The van der Waals surface area contributed by atoms with Crippen molar-refractivity contribution in [2.75, 3.05) is 19.6 Å². The van der Waals surface area contributed by atoms with E-state index in [4.69, 9.17) is 0 Å². The predicted octanol–water partition coefficient (Wildman–Crippen LogP) is 2.78. The summed E-state index contributed by atoms with van der Waals surface area (Å²) in [4.78, 5) is 2.84. The number of thiophene rings is 1. The first kappa shape index (κ1) is 13.7. The summed E-state index contributed by atoms with van der Waals surface area (Å²) < 4.78 is 0. The van der Waals surface area contributed by atoms with E-state index in [0.29, 0.717) is 0 Å². The quantitative estimate of drug-likeness (QED) is 0.683. The third kappa shape index (κ3) is 6.26. The monoisotopic (exact) mass is 240 g/mol. The van der Waals surface area contributed by atoms with E-state index in [9.17, 15) is 0 Å². The van der Waals surface area contributed by atoms with Gasteiger partial charge < -0.3 is 10.6 Å². The molecule has 0 amide bonds. The van der Waals surface area contributed by atoms with Crippen molar-refractivity contribution in [3.63, 3.8) is 0 Å². The Bertz CT molecular complexity index is 281. The average molecular weight is 240 g/mol. The zero-order valence-electron chi connectivity index (χ0n) is 10.7. The standard InChI is InChI=1S/C13H24N2S/c1-11(2)9-14-7-4-8-15-10-13-6-5-12(3)16-13/h5-6,11,14-15H,4,7-10H2,1-3H3. The Balaban J connectivity index is 1.92. The van der Waals surface area contributed by atoms with Gasteiger partial charge in [0.05, 0.1) is 0 Å². The molecule has 1 aromatic rings. The molecule has 92 valence electrons. The number of hydrogen-bond donors (Lipinski definition) is 2. The van der Waals surface area contributed by atoms with Gasteiger partial charge in [-0.15, -0.1) is 11.3 Å². The van der Waals surface area contributed by atoms with Gasteiger partial charge in [-0.3, -0.25) is 0 Å². The highest BCUT2D eigenvalue weighted by molar-refractivity contribution is 7.11. The van der Waals surface area contributed by atoms with Gasteiger partial charge in [-0.25, -0.2) is 0 Å². The van der Waals surface area contributed by atoms with Crippen LogP contribution >= 0.6 is 11.3 Å². The highest BCUT2D eigenvalue weighted by Crippen LogP contribution is 2.14. The fourth-order valence-corrected chi connectivity index (χ4v) is 2.38. The van der Waals surface area contributed by atoms with Gasteiger partial charge in [0, 0.05) is 16.3 Å². The average Bonchev–Trinajstić information content (AvgIpc) is 2.62. The summed E-state index contributed by atoms with van der Waals surface area (Å²) in [6, 6.07) is 4.40. The van der Waals surface area contributed by atoms with Crippen LogP contribution in [0.2, 0.25) is 0 Å². The maximum atomic E-state index is 3.47. The molecule has 1 aromatic heterocycles. The van der Waals surface area contributed by atoms with Crippen LogP contribution in [0.5, 0.6) is 0 Å². The van der Waals surface area contributed by atoms with Crippen LogP contribution in [0.25, 0.3) is 0 Å². The maximum Gasteiger partial charge on any atom is 0.0299 e. The predicted molar refractivity (Wildman–Crippen MR) is 73.1 cm³/mol. The summed E-state index contributed by atoms with van der Waals surface area (Å²) in [5, 5.41) is 6.92. The Kier molecular flexibility index (Phi) is 6.69. The molecule has 0 atom stereocenters. The second-order valence-electron chi connectivity index (χ2n) is 4.64. The van der Waals surface area contributed by atoms with Crippen LogP contribution in [-0.2, 0) is 6.54 Å². The number of aryl methyl sites for hydroxylation is 1. The minimum Gasteiger partial charge on any atom is -0.316 e. The van der Waals surface area contributed by atoms with Crippen molar-refractivity contribution in [1.82, 2.24) is 10.6 Å². The van der Waals surface area contributed by atoms with Crippen LogP contribution in [0.3, 0.4) is 0 Å². The van der Waals surface area contributed by atoms with E-state index in [-0.39, 0.29) is 0 Å². The molecule has 0 radical (unpaired) electrons. The summed E-state index contributed by atoms with van der Waals surface area (Å²) in [5.74, 6) is 0.752. The molecule has 16 heavy (non-hydrogen) atoms. The molecule has 0 aliphatic heterocycles. The van der Waals surface area contributed by atoms with E-state index in [1.54, 1.807) is 0 Å². The number of hydrogen-bond acceptors (Lipinski definition) is 3. The summed E-state index contributed by atoms with van der Waals surface area (Å²) in [7, 11) is 0. The summed E-state index contributed by atoms with van der Waals surface area (Å²) in [6.07, 6.45) is 1.21. The Morgan fingerprint density at radius 1 is 1.19 bits per heavy atom. The molecule has 2 N–H and O–H groups in total. The highest BCUT2D eigenvalue weighted by atomic mass is 32.1. The fourth-order valence-electron chi connectivity index (χ4n) is 1.52. The molecule has 0 fully saturated rings. The van der Waals surface area contributed by atoms with Crippen molar-refractivity contribution in [2.24, 2.45) is 5.92 Å². The van der Waals surface area contributed by atoms with Crippen LogP contribution in [0, 0.1) is 12.8 Å². The van der Waals surface area contributed by atoms with Gasteiger partial charge >= 0.3 is 0 Å². The number of rotatable bonds is 8. The summed E-state index contributed by atoms with van der Waals surface area (Å²) in [6.45, 7) is 11.0. The van der Waals surface area contributed by atoms with E-state index in [1.165, 1.54) is 16.2 Å². The molecule has 1 rings (SSSR count). The third-order valence-electron chi connectivity index (χ3n) is 2.35. The summed E-state index contributed by atoms with van der Waals surface area (Å²) in [5.41, 5.74) is 0. The lowest BCUT2D eigenvalue weighted by Gasteiger charge is -2.07. The Morgan fingerprint density at radius 3 is 2.56 bits per heavy atom. The van der Waals surface area contributed by atoms with Gasteiger partial charge in [-0.05, 0) is 51.0 Å². The molecule has 3 heteroatoms. The fraction of sp³-hybridized carbons (Fsp3) is 0.692. The van der Waals surface area contributed by atoms with Crippen LogP contribution in [0.4, 0.5) is 0 Å². The number of nitrogens with one attached hydrogen (secondary N) is 2. The van der Waals surface area contributed by atoms with Crippen LogP contribution in [0.15, 0.2) is 12.1 Å². The zero-order chi connectivity index (χ0) is 11.8. The molecule has 0 aromatic carbocycles. The lowest BCUT2D eigenvalue weighted by atomic mass is 10.2. The minimum absolute atomic E-state index is 0.752. The van der Waals surface area contributed by atoms with Crippen LogP contribution in [-0.4, -0.2) is 19.6 Å². The van der Waals surface area contributed by atoms with Gasteiger partial charge in [-0.1, -0.05) is 13.8 Å². The second-order valence-corrected chi connectivity index (χ2v) is 6.01. The molecule has 2 nitrogen and oxygen atoms in total. The van der Waals surface area contributed by atoms with E-state index in [0.717, 1.165) is 32.1 Å². The summed E-state index contributed by atoms with van der Waals surface area (Å²) >= 11 is 1.88. The highest BCUT2D eigenvalue weighted by Gasteiger charge is 1.96. The molecule has 0 aliphatic carbocycles. The van der Waals surface area contributed by atoms with Gasteiger partial charge in [-0.2, -0.15) is 0 Å². The largest absolute Gasteiger partial charge is 0.316 e. The van der Waals surface area contributed by atoms with Crippen molar-refractivity contribution in [3.05, 3.63) is 21.9 Å². The van der Waals surface area contributed by atoms with Crippen molar-refractivity contribution in [2.45, 2.75) is 33.7 Å². The normalized spacial score (nSPS) is 11.2. The SMILES string of the molecule is Cc1ccc(CNCCCNCC(C)C)s1. The van der Waals surface area contributed by atoms with Crippen LogP contribution in [0.1, 0.15) is 30.0 Å². The van der Waals surface area contributed by atoms with Gasteiger partial charge in [0.25, 0.3) is 0 Å². The molecular formula is C13H24N2S. The molecule has 0 spiro atoms. The van der Waals surface area contributed by atoms with Crippen molar-refractivity contribution in [1.29, 1.82) is 0 Å². The second kappa shape index (κ2) is 7.82. The van der Waals surface area contributed by atoms with Crippen molar-refractivity contribution >= 4 is 11.3 Å².